The summed E-state index contributed by atoms with van der Waals surface area (Å²) in [6.07, 6.45) is 0.441. The van der Waals surface area contributed by atoms with Crippen molar-refractivity contribution in [3.05, 3.63) is 34.3 Å². The lowest BCUT2D eigenvalue weighted by atomic mass is 10.1. The lowest BCUT2D eigenvalue weighted by Gasteiger charge is -2.13. The quantitative estimate of drug-likeness (QED) is 0.863. The Labute approximate surface area is 111 Å². The number of hydrogen-bond acceptors (Lipinski definition) is 2. The van der Waals surface area contributed by atoms with E-state index in [4.69, 9.17) is 16.7 Å². The van der Waals surface area contributed by atoms with Crippen LogP contribution < -0.4 is 5.32 Å². The highest BCUT2D eigenvalue weighted by Gasteiger charge is 2.11. The smallest absolute Gasteiger partial charge is 0.303 e. The molecule has 1 rings (SSSR count). The molecule has 0 aliphatic rings. The molecule has 0 aromatic heterocycles. The monoisotopic (exact) mass is 269 g/mol. The molecule has 2 N–H and O–H groups in total. The molecule has 98 valence electrons. The van der Waals surface area contributed by atoms with Crippen LogP contribution >= 0.6 is 11.6 Å². The van der Waals surface area contributed by atoms with E-state index in [1.807, 2.05) is 6.92 Å². The minimum Gasteiger partial charge on any atom is -0.481 e. The van der Waals surface area contributed by atoms with Crippen molar-refractivity contribution >= 4 is 23.5 Å². The zero-order valence-electron chi connectivity index (χ0n) is 10.4. The minimum absolute atomic E-state index is 0.0378. The number of benzene rings is 1. The molecule has 18 heavy (non-hydrogen) atoms. The van der Waals surface area contributed by atoms with E-state index in [0.29, 0.717) is 17.0 Å². The highest BCUT2D eigenvalue weighted by atomic mass is 35.5. The van der Waals surface area contributed by atoms with Crippen LogP contribution in [0.4, 0.5) is 0 Å². The average molecular weight is 270 g/mol. The van der Waals surface area contributed by atoms with Gasteiger partial charge in [0.2, 0.25) is 0 Å². The fourth-order valence-electron chi connectivity index (χ4n) is 1.45. The Kier molecular flexibility index (Phi) is 5.16. The Morgan fingerprint density at radius 3 is 2.67 bits per heavy atom. The summed E-state index contributed by atoms with van der Waals surface area (Å²) in [5.74, 6) is -1.11. The summed E-state index contributed by atoms with van der Waals surface area (Å²) in [7, 11) is 0. The molecule has 1 atom stereocenters. The van der Waals surface area contributed by atoms with Crippen LogP contribution in [0.3, 0.4) is 0 Å². The van der Waals surface area contributed by atoms with Crippen LogP contribution in [0.2, 0.25) is 5.02 Å². The number of halogens is 1. The van der Waals surface area contributed by atoms with Gasteiger partial charge < -0.3 is 10.4 Å². The van der Waals surface area contributed by atoms with Crippen LogP contribution in [0, 0.1) is 6.92 Å². The third-order valence-corrected chi connectivity index (χ3v) is 3.01. The summed E-state index contributed by atoms with van der Waals surface area (Å²) in [6, 6.07) is 4.89. The van der Waals surface area contributed by atoms with Crippen molar-refractivity contribution in [2.45, 2.75) is 32.7 Å². The first-order chi connectivity index (χ1) is 8.40. The lowest BCUT2D eigenvalue weighted by Crippen LogP contribution is -2.32. The summed E-state index contributed by atoms with van der Waals surface area (Å²) in [6.45, 7) is 3.64. The van der Waals surface area contributed by atoms with Crippen molar-refractivity contribution in [2.24, 2.45) is 0 Å². The molecule has 0 heterocycles. The molecule has 1 aromatic rings. The van der Waals surface area contributed by atoms with Gasteiger partial charge in [-0.05, 0) is 38.0 Å². The Morgan fingerprint density at radius 1 is 1.44 bits per heavy atom. The Bertz CT molecular complexity index is 460. The van der Waals surface area contributed by atoms with Crippen LogP contribution in [0.25, 0.3) is 0 Å². The lowest BCUT2D eigenvalue weighted by molar-refractivity contribution is -0.137. The van der Waals surface area contributed by atoms with Crippen molar-refractivity contribution in [2.75, 3.05) is 0 Å². The normalized spacial score (nSPS) is 11.9. The number of carboxylic acid groups (broad SMARTS) is 1. The van der Waals surface area contributed by atoms with E-state index in [9.17, 15) is 9.59 Å². The van der Waals surface area contributed by atoms with Crippen LogP contribution in [-0.2, 0) is 4.79 Å². The first kappa shape index (κ1) is 14.5. The van der Waals surface area contributed by atoms with E-state index in [2.05, 4.69) is 5.32 Å². The van der Waals surface area contributed by atoms with Gasteiger partial charge in [-0.2, -0.15) is 0 Å². The zero-order valence-corrected chi connectivity index (χ0v) is 11.1. The second kappa shape index (κ2) is 6.40. The van der Waals surface area contributed by atoms with Gasteiger partial charge in [-0.1, -0.05) is 17.7 Å². The number of aliphatic carboxylic acids is 1. The second-order valence-electron chi connectivity index (χ2n) is 4.27. The molecule has 4 nitrogen and oxygen atoms in total. The summed E-state index contributed by atoms with van der Waals surface area (Å²) in [4.78, 5) is 22.3. The average Bonchev–Trinajstić information content (AvgIpc) is 2.30. The van der Waals surface area contributed by atoms with Gasteiger partial charge in [0.25, 0.3) is 5.91 Å². The molecule has 0 aliphatic heterocycles. The maximum Gasteiger partial charge on any atom is 0.303 e. The van der Waals surface area contributed by atoms with Gasteiger partial charge in [0.15, 0.2) is 0 Å². The maximum atomic E-state index is 11.8. The largest absolute Gasteiger partial charge is 0.481 e. The third-order valence-electron chi connectivity index (χ3n) is 2.60. The van der Waals surface area contributed by atoms with Crippen molar-refractivity contribution < 1.29 is 14.7 Å². The van der Waals surface area contributed by atoms with Crippen molar-refractivity contribution in [1.82, 2.24) is 5.32 Å². The fourth-order valence-corrected chi connectivity index (χ4v) is 1.63. The number of aryl methyl sites for hydroxylation is 1. The zero-order chi connectivity index (χ0) is 13.7. The topological polar surface area (TPSA) is 66.4 Å². The van der Waals surface area contributed by atoms with E-state index in [1.54, 1.807) is 25.1 Å². The van der Waals surface area contributed by atoms with Crippen LogP contribution in [0.1, 0.15) is 35.7 Å². The van der Waals surface area contributed by atoms with Gasteiger partial charge >= 0.3 is 5.97 Å². The summed E-state index contributed by atoms with van der Waals surface area (Å²) in [5.41, 5.74) is 1.39. The number of rotatable bonds is 5. The fraction of sp³-hybridized carbons (Fsp3) is 0.385. The van der Waals surface area contributed by atoms with E-state index >= 15 is 0 Å². The molecule has 0 radical (unpaired) electrons. The second-order valence-corrected chi connectivity index (χ2v) is 4.68. The maximum absolute atomic E-state index is 11.8. The predicted molar refractivity (Wildman–Crippen MR) is 70.0 cm³/mol. The number of hydrogen-bond donors (Lipinski definition) is 2. The molecule has 0 saturated heterocycles. The highest BCUT2D eigenvalue weighted by molar-refractivity contribution is 6.31. The summed E-state index contributed by atoms with van der Waals surface area (Å²) >= 11 is 5.94. The third kappa shape index (κ3) is 4.37. The van der Waals surface area contributed by atoms with Gasteiger partial charge in [-0.25, -0.2) is 0 Å². The SMILES string of the molecule is Cc1ccc(C(=O)N[C@@H](C)CCC(=O)O)cc1Cl. The molecule has 0 unspecified atom stereocenters. The summed E-state index contributed by atoms with van der Waals surface area (Å²) < 4.78 is 0. The number of carbonyl (C=O) groups excluding carboxylic acids is 1. The first-order valence-electron chi connectivity index (χ1n) is 5.69. The van der Waals surface area contributed by atoms with E-state index in [0.717, 1.165) is 5.56 Å². The molecule has 1 aromatic carbocycles. The Morgan fingerprint density at radius 2 is 2.11 bits per heavy atom. The highest BCUT2D eigenvalue weighted by Crippen LogP contribution is 2.16. The van der Waals surface area contributed by atoms with Gasteiger partial charge in [0, 0.05) is 23.0 Å². The minimum atomic E-state index is -0.866. The van der Waals surface area contributed by atoms with Gasteiger partial charge in [-0.3, -0.25) is 9.59 Å². The van der Waals surface area contributed by atoms with Crippen LogP contribution in [0.5, 0.6) is 0 Å². The number of carboxylic acids is 1. The molecular weight excluding hydrogens is 254 g/mol. The van der Waals surface area contributed by atoms with E-state index < -0.39 is 5.97 Å². The first-order valence-corrected chi connectivity index (χ1v) is 6.06. The van der Waals surface area contributed by atoms with Gasteiger partial charge in [0.1, 0.15) is 0 Å². The standard InChI is InChI=1S/C13H16ClNO3/c1-8-3-5-10(7-11(8)14)13(18)15-9(2)4-6-12(16)17/h3,5,7,9H,4,6H2,1-2H3,(H,15,18)(H,16,17)/t9-/m0/s1. The molecule has 0 bridgehead atoms. The van der Waals surface area contributed by atoms with Gasteiger partial charge in [0.05, 0.1) is 0 Å². The Balaban J connectivity index is 2.59. The molecule has 0 spiro atoms. The number of carbonyl (C=O) groups is 2. The molecule has 5 heteroatoms. The molecule has 0 saturated carbocycles. The van der Waals surface area contributed by atoms with E-state index in [-0.39, 0.29) is 18.4 Å². The molecule has 0 fully saturated rings. The Hall–Kier alpha value is -1.55. The van der Waals surface area contributed by atoms with E-state index in [1.165, 1.54) is 0 Å². The molecule has 1 amide bonds. The summed E-state index contributed by atoms with van der Waals surface area (Å²) in [5, 5.41) is 11.8. The molecule has 0 aliphatic carbocycles. The van der Waals surface area contributed by atoms with Crippen LogP contribution in [-0.4, -0.2) is 23.0 Å². The van der Waals surface area contributed by atoms with Crippen LogP contribution in [0.15, 0.2) is 18.2 Å². The van der Waals surface area contributed by atoms with Crippen molar-refractivity contribution in [3.63, 3.8) is 0 Å². The number of amides is 1. The van der Waals surface area contributed by atoms with Gasteiger partial charge in [-0.15, -0.1) is 0 Å². The molecular formula is C13H16ClNO3. The predicted octanol–water partition coefficient (Wildman–Crippen LogP) is 2.63. The van der Waals surface area contributed by atoms with Crippen molar-refractivity contribution in [1.29, 1.82) is 0 Å². The van der Waals surface area contributed by atoms with Crippen molar-refractivity contribution in [3.8, 4) is 0 Å². The number of nitrogens with one attached hydrogen (secondary N) is 1.